The van der Waals surface area contributed by atoms with E-state index in [2.05, 4.69) is 15.4 Å². The lowest BCUT2D eigenvalue weighted by Crippen LogP contribution is -2.46. The van der Waals surface area contributed by atoms with Crippen LogP contribution < -0.4 is 5.32 Å². The first-order valence-electron chi connectivity index (χ1n) is 11.0. The van der Waals surface area contributed by atoms with E-state index in [4.69, 9.17) is 27.9 Å². The van der Waals surface area contributed by atoms with Gasteiger partial charge in [0, 0.05) is 37.5 Å². The molecule has 3 aliphatic rings. The molecule has 1 amide bonds. The average Bonchev–Trinajstić information content (AvgIpc) is 2.83. The highest BCUT2D eigenvalue weighted by Gasteiger charge is 2.39. The normalized spacial score (nSPS) is 27.9. The van der Waals surface area contributed by atoms with Crippen LogP contribution in [0.25, 0.3) is 0 Å². The van der Waals surface area contributed by atoms with Gasteiger partial charge in [-0.05, 0) is 42.0 Å². The Kier molecular flexibility index (Phi) is 7.98. The molecule has 0 aromatic carbocycles. The smallest absolute Gasteiger partial charge is 0.382 e. The molecule has 2 saturated heterocycles. The Hall–Kier alpha value is -1.92. The molecule has 0 spiro atoms. The van der Waals surface area contributed by atoms with E-state index in [1.165, 1.54) is 30.8 Å². The molecule has 1 aromatic heterocycles. The number of carbonyl (C=O) groups excluding carboxylic acids is 1. The van der Waals surface area contributed by atoms with Crippen molar-refractivity contribution in [2.45, 2.75) is 30.5 Å². The third-order valence-corrected chi connectivity index (χ3v) is 8.34. The van der Waals surface area contributed by atoms with Crippen LogP contribution >= 0.6 is 23.2 Å². The topological polar surface area (TPSA) is 104 Å². The number of alkyl halides is 1. The predicted molar refractivity (Wildman–Crippen MR) is 125 cm³/mol. The molecule has 0 aliphatic carbocycles. The van der Waals surface area contributed by atoms with Crippen molar-refractivity contribution >= 4 is 51.6 Å². The molecule has 184 valence electrons. The number of hydrogen-bond donors (Lipinski definition) is 1. The quantitative estimate of drug-likeness (QED) is 0.563. The van der Waals surface area contributed by atoms with Gasteiger partial charge in [0.15, 0.2) is 16.3 Å². The molecule has 13 heteroatoms. The van der Waals surface area contributed by atoms with Gasteiger partial charge in [-0.2, -0.15) is 4.31 Å². The van der Waals surface area contributed by atoms with Crippen LogP contribution in [0.5, 0.6) is 0 Å². The third-order valence-electron chi connectivity index (χ3n) is 5.97. The number of pyridine rings is 1. The molecule has 9 nitrogen and oxygen atoms in total. The number of amides is 1. The summed E-state index contributed by atoms with van der Waals surface area (Å²) in [6.45, 7) is 1.74. The largest absolute Gasteiger partial charge is 0.462 e. The summed E-state index contributed by atoms with van der Waals surface area (Å²) in [5.41, 5.74) is 0.412. The molecule has 4 heterocycles. The molecule has 1 N–H and O–H groups in total. The van der Waals surface area contributed by atoms with Crippen LogP contribution in [0.2, 0.25) is 5.02 Å². The maximum absolute atomic E-state index is 15.0. The molecule has 0 bridgehead atoms. The van der Waals surface area contributed by atoms with E-state index in [9.17, 15) is 17.6 Å². The van der Waals surface area contributed by atoms with Gasteiger partial charge < -0.3 is 10.1 Å². The number of piperidine rings is 1. The average molecular weight is 533 g/mol. The lowest BCUT2D eigenvalue weighted by molar-refractivity contribution is -0.447. The van der Waals surface area contributed by atoms with Gasteiger partial charge in [0.2, 0.25) is 0 Å². The summed E-state index contributed by atoms with van der Waals surface area (Å²) < 4.78 is 48.0. The summed E-state index contributed by atoms with van der Waals surface area (Å²) in [6, 6.07) is 2.70. The highest BCUT2D eigenvalue weighted by molar-refractivity contribution is 7.89. The summed E-state index contributed by atoms with van der Waals surface area (Å²) in [4.78, 5) is 16.5. The van der Waals surface area contributed by atoms with E-state index in [1.807, 2.05) is 0 Å². The van der Waals surface area contributed by atoms with Crippen molar-refractivity contribution in [1.29, 1.82) is 0 Å². The summed E-state index contributed by atoms with van der Waals surface area (Å²) >= 11 is 12.0. The fourth-order valence-electron chi connectivity index (χ4n) is 4.01. The summed E-state index contributed by atoms with van der Waals surface area (Å²) in [6.07, 6.45) is 4.68. The van der Waals surface area contributed by atoms with E-state index in [0.29, 0.717) is 29.8 Å². The van der Waals surface area contributed by atoms with Crippen molar-refractivity contribution in [3.05, 3.63) is 34.1 Å². The van der Waals surface area contributed by atoms with Gasteiger partial charge in [0.05, 0.1) is 23.2 Å². The van der Waals surface area contributed by atoms with E-state index in [1.54, 1.807) is 0 Å². The van der Waals surface area contributed by atoms with Crippen LogP contribution in [0.1, 0.15) is 19.3 Å². The maximum atomic E-state index is 15.0. The van der Waals surface area contributed by atoms with Gasteiger partial charge in [-0.25, -0.2) is 22.6 Å². The van der Waals surface area contributed by atoms with Crippen LogP contribution in [-0.4, -0.2) is 79.7 Å². The van der Waals surface area contributed by atoms with Crippen LogP contribution in [0, 0.1) is 11.8 Å². The van der Waals surface area contributed by atoms with Crippen LogP contribution in [-0.2, 0) is 19.6 Å². The molecule has 34 heavy (non-hydrogen) atoms. The number of rotatable bonds is 6. The first-order chi connectivity index (χ1) is 16.3. The third kappa shape index (κ3) is 5.65. The molecular formula is C21H25Cl2FN5O4S+. The zero-order chi connectivity index (χ0) is 24.3. The Balaban J connectivity index is 1.38. The Labute approximate surface area is 207 Å². The zero-order valence-electron chi connectivity index (χ0n) is 18.2. The predicted octanol–water partition coefficient (Wildman–Crippen LogP) is 2.16. The number of hydrogen-bond acceptors (Lipinski definition) is 7. The van der Waals surface area contributed by atoms with E-state index < -0.39 is 28.0 Å². The van der Waals surface area contributed by atoms with Gasteiger partial charge in [-0.1, -0.05) is 23.2 Å². The first-order valence-corrected chi connectivity index (χ1v) is 13.1. The summed E-state index contributed by atoms with van der Waals surface area (Å²) in [5.74, 6) is -0.945. The molecule has 2 fully saturated rings. The summed E-state index contributed by atoms with van der Waals surface area (Å²) in [7, 11) is -3.96. The molecule has 0 saturated carbocycles. The Bertz CT molecular complexity index is 1120. The van der Waals surface area contributed by atoms with Crippen LogP contribution in [0.15, 0.2) is 39.2 Å². The number of ether oxygens (including phenoxy) is 1. The van der Waals surface area contributed by atoms with Crippen molar-refractivity contribution in [3.63, 3.8) is 0 Å². The second kappa shape index (κ2) is 10.8. The first kappa shape index (κ1) is 25.2. The molecule has 4 rings (SSSR count). The zero-order valence-corrected chi connectivity index (χ0v) is 20.6. The Morgan fingerprint density at radius 2 is 2.15 bits per heavy atom. The van der Waals surface area contributed by atoms with E-state index in [-0.39, 0.29) is 29.6 Å². The van der Waals surface area contributed by atoms with Crippen molar-refractivity contribution in [2.24, 2.45) is 16.9 Å². The Morgan fingerprint density at radius 3 is 2.82 bits per heavy atom. The summed E-state index contributed by atoms with van der Waals surface area (Å²) in [5, 5.41) is 7.32. The number of nitrogens with one attached hydrogen (secondary N) is 1. The number of allylic oxidation sites excluding steroid dienone is 1. The number of hydrazone groups is 1. The fraction of sp³-hybridized carbons (Fsp3) is 0.524. The Morgan fingerprint density at radius 1 is 1.32 bits per heavy atom. The molecular weight excluding hydrogens is 508 g/mol. The van der Waals surface area contributed by atoms with Gasteiger partial charge in [-0.3, -0.25) is 0 Å². The van der Waals surface area contributed by atoms with Crippen molar-refractivity contribution in [1.82, 2.24) is 14.6 Å². The number of carbonyl (C=O) groups is 1. The highest BCUT2D eigenvalue weighted by Crippen LogP contribution is 2.25. The molecule has 1 unspecified atom stereocenters. The number of nitrogens with zero attached hydrogens (tertiary/aromatic N) is 4. The molecule has 0 radical (unpaired) electrons. The molecule has 1 aromatic rings. The molecule has 3 aliphatic heterocycles. The second-order valence-electron chi connectivity index (χ2n) is 8.38. The lowest BCUT2D eigenvalue weighted by atomic mass is 9.97. The van der Waals surface area contributed by atoms with Crippen LogP contribution in [0.3, 0.4) is 0 Å². The monoisotopic (exact) mass is 532 g/mol. The molecule has 3 atom stereocenters. The standard InChI is InChI=1S/C21H24Cl2FN5O4S/c22-16-3-4-19(26-9-16)34(31,32)28-6-5-15(17(24)12-28)11-29-21(30)20(23)18(10-27-29)25-8-14-2-1-7-33-13-14/h3-4,9-11,14-15,17H,1-2,5-8,12-13H2/p+1/b29-11-/t14-,15?,17-/m1/s1. The van der Waals surface area contributed by atoms with E-state index in [0.717, 1.165) is 28.4 Å². The van der Waals surface area contributed by atoms with Crippen molar-refractivity contribution in [3.8, 4) is 0 Å². The minimum Gasteiger partial charge on any atom is -0.382 e. The van der Waals surface area contributed by atoms with Gasteiger partial charge in [0.1, 0.15) is 12.4 Å². The van der Waals surface area contributed by atoms with Gasteiger partial charge >= 0.3 is 5.91 Å². The van der Waals surface area contributed by atoms with Crippen LogP contribution in [0.4, 0.5) is 4.39 Å². The second-order valence-corrected chi connectivity index (χ2v) is 11.1. The number of aromatic nitrogens is 1. The minimum absolute atomic E-state index is 0.0350. The van der Waals surface area contributed by atoms with Crippen molar-refractivity contribution in [2.75, 3.05) is 32.8 Å². The SMILES string of the molecule is O=C1C(Cl)=C(NC[C@H]2CCCOC2)C=N/[N+]1=C\C1CCN(S(=O)(=O)c2ccc(Cl)cn2)C[C@H]1F. The lowest BCUT2D eigenvalue weighted by Gasteiger charge is -2.30. The van der Waals surface area contributed by atoms with Gasteiger partial charge in [-0.15, -0.1) is 0 Å². The number of halogens is 3. The van der Waals surface area contributed by atoms with E-state index >= 15 is 0 Å². The van der Waals surface area contributed by atoms with Gasteiger partial charge in [0.25, 0.3) is 10.0 Å². The maximum Gasteiger partial charge on any atom is 0.462 e. The highest BCUT2D eigenvalue weighted by atomic mass is 35.5. The minimum atomic E-state index is -3.96. The van der Waals surface area contributed by atoms with Crippen molar-refractivity contribution < 1.29 is 27.0 Å². The fourth-order valence-corrected chi connectivity index (χ4v) is 5.70. The number of sulfonamides is 1.